The summed E-state index contributed by atoms with van der Waals surface area (Å²) in [5.74, 6) is -0.650. The molecule has 0 amide bonds. The van der Waals surface area contributed by atoms with E-state index in [1.807, 2.05) is 50.2 Å². The minimum absolute atomic E-state index is 0.0933. The van der Waals surface area contributed by atoms with Crippen LogP contribution in [0.4, 0.5) is 5.69 Å². The van der Waals surface area contributed by atoms with Crippen molar-refractivity contribution in [1.82, 2.24) is 5.32 Å². The number of esters is 1. The molecule has 5 heteroatoms. The summed E-state index contributed by atoms with van der Waals surface area (Å²) >= 11 is 0. The first-order valence-corrected chi connectivity index (χ1v) is 9.83. The average Bonchev–Trinajstić information content (AvgIpc) is 2.59. The van der Waals surface area contributed by atoms with E-state index in [-0.39, 0.29) is 17.2 Å². The summed E-state index contributed by atoms with van der Waals surface area (Å²) in [4.78, 5) is 28.0. The highest BCUT2D eigenvalue weighted by Gasteiger charge is 2.43. The van der Waals surface area contributed by atoms with E-state index in [1.165, 1.54) is 0 Å². The molecule has 3 rings (SSSR count). The molecule has 1 aromatic carbocycles. The lowest BCUT2D eigenvalue weighted by atomic mass is 9.68. The lowest BCUT2D eigenvalue weighted by Crippen LogP contribution is -2.38. The van der Waals surface area contributed by atoms with E-state index in [0.29, 0.717) is 24.2 Å². The number of ketones is 1. The summed E-state index contributed by atoms with van der Waals surface area (Å²) in [6.07, 6.45) is 1.27. The van der Waals surface area contributed by atoms with Crippen molar-refractivity contribution >= 4 is 17.4 Å². The van der Waals surface area contributed by atoms with Crippen molar-refractivity contribution in [2.24, 2.45) is 5.41 Å². The molecule has 0 unspecified atom stereocenters. The number of nitrogens with zero attached hydrogens (tertiary/aromatic N) is 1. The number of hydrogen-bond acceptors (Lipinski definition) is 5. The van der Waals surface area contributed by atoms with E-state index in [2.05, 4.69) is 19.2 Å². The van der Waals surface area contributed by atoms with Gasteiger partial charge in [-0.25, -0.2) is 4.79 Å². The number of ether oxygens (including phenoxy) is 1. The number of nitrogens with one attached hydrogen (secondary N) is 1. The number of carbonyl (C=O) groups is 2. The zero-order valence-electron chi connectivity index (χ0n) is 17.7. The lowest BCUT2D eigenvalue weighted by Gasteiger charge is -2.39. The molecule has 1 N–H and O–H groups in total. The van der Waals surface area contributed by atoms with E-state index >= 15 is 0 Å². The third-order valence-electron chi connectivity index (χ3n) is 5.48. The molecular weight excluding hydrogens is 352 g/mol. The van der Waals surface area contributed by atoms with Crippen LogP contribution in [0.5, 0.6) is 0 Å². The highest BCUT2D eigenvalue weighted by Crippen LogP contribution is 2.46. The molecule has 0 aromatic heterocycles. The Morgan fingerprint density at radius 1 is 1.21 bits per heavy atom. The molecular formula is C23H30N2O3. The van der Waals surface area contributed by atoms with E-state index in [0.717, 1.165) is 29.1 Å². The van der Waals surface area contributed by atoms with Crippen LogP contribution in [0.2, 0.25) is 0 Å². The number of allylic oxidation sites excluding steroid dienone is 3. The largest absolute Gasteiger partial charge is 0.463 e. The summed E-state index contributed by atoms with van der Waals surface area (Å²) < 4.78 is 5.34. The molecule has 0 fully saturated rings. The second-order valence-corrected chi connectivity index (χ2v) is 8.64. The molecule has 5 nitrogen and oxygen atoms in total. The maximum Gasteiger partial charge on any atom is 0.336 e. The standard InChI is InChI=1S/C23H30N2O3/c1-7-28-22(27)19-14(2)24-17-12-23(3,4)13-18(26)21(17)20(19)15-8-10-16(11-9-15)25(5)6/h8-11,20,24H,7,12-13H2,1-6H3/t20-/m1/s1. The van der Waals surface area contributed by atoms with Crippen molar-refractivity contribution in [3.05, 3.63) is 52.4 Å². The monoisotopic (exact) mass is 382 g/mol. The Bertz CT molecular complexity index is 860. The quantitative estimate of drug-likeness (QED) is 0.800. The van der Waals surface area contributed by atoms with Crippen LogP contribution in [0.3, 0.4) is 0 Å². The number of rotatable bonds is 4. The van der Waals surface area contributed by atoms with E-state index in [4.69, 9.17) is 4.74 Å². The summed E-state index contributed by atoms with van der Waals surface area (Å²) in [5, 5.41) is 3.35. The van der Waals surface area contributed by atoms with Gasteiger partial charge in [-0.15, -0.1) is 0 Å². The van der Waals surface area contributed by atoms with E-state index in [9.17, 15) is 9.59 Å². The van der Waals surface area contributed by atoms with Gasteiger partial charge in [0.1, 0.15) is 0 Å². The van der Waals surface area contributed by atoms with Gasteiger partial charge in [-0.2, -0.15) is 0 Å². The normalized spacial score (nSPS) is 21.2. The molecule has 1 aromatic rings. The number of anilines is 1. The Morgan fingerprint density at radius 2 is 1.86 bits per heavy atom. The Balaban J connectivity index is 2.14. The van der Waals surface area contributed by atoms with Crippen LogP contribution in [0.15, 0.2) is 46.8 Å². The van der Waals surface area contributed by atoms with Crippen molar-refractivity contribution in [2.75, 3.05) is 25.6 Å². The van der Waals surface area contributed by atoms with Gasteiger partial charge in [0, 0.05) is 49.1 Å². The Kier molecular flexibility index (Phi) is 5.37. The molecule has 1 atom stereocenters. The molecule has 0 bridgehead atoms. The molecule has 1 heterocycles. The Morgan fingerprint density at radius 3 is 2.43 bits per heavy atom. The van der Waals surface area contributed by atoms with Gasteiger partial charge in [0.05, 0.1) is 12.2 Å². The Labute approximate surface area is 167 Å². The van der Waals surface area contributed by atoms with Crippen LogP contribution in [0.1, 0.15) is 52.0 Å². The third-order valence-corrected chi connectivity index (χ3v) is 5.48. The maximum absolute atomic E-state index is 13.2. The number of dihydropyridines is 1. The van der Waals surface area contributed by atoms with Gasteiger partial charge >= 0.3 is 5.97 Å². The van der Waals surface area contributed by atoms with Crippen molar-refractivity contribution in [1.29, 1.82) is 0 Å². The predicted octanol–water partition coefficient (Wildman–Crippen LogP) is 3.92. The van der Waals surface area contributed by atoms with E-state index in [1.54, 1.807) is 6.92 Å². The van der Waals surface area contributed by atoms with Gasteiger partial charge in [0.15, 0.2) is 5.78 Å². The van der Waals surface area contributed by atoms with Gasteiger partial charge in [0.25, 0.3) is 0 Å². The summed E-state index contributed by atoms with van der Waals surface area (Å²) in [6.45, 7) is 8.20. The van der Waals surface area contributed by atoms with Crippen molar-refractivity contribution < 1.29 is 14.3 Å². The second-order valence-electron chi connectivity index (χ2n) is 8.64. The molecule has 0 radical (unpaired) electrons. The molecule has 2 aliphatic rings. The van der Waals surface area contributed by atoms with Gasteiger partial charge in [-0.05, 0) is 43.4 Å². The van der Waals surface area contributed by atoms with Gasteiger partial charge in [0.2, 0.25) is 0 Å². The molecule has 0 saturated carbocycles. The summed E-state index contributed by atoms with van der Waals surface area (Å²) in [7, 11) is 3.97. The van der Waals surface area contributed by atoms with Crippen LogP contribution in [-0.2, 0) is 14.3 Å². The molecule has 150 valence electrons. The lowest BCUT2D eigenvalue weighted by molar-refractivity contribution is -0.138. The summed E-state index contributed by atoms with van der Waals surface area (Å²) in [6, 6.07) is 8.06. The fourth-order valence-corrected chi connectivity index (χ4v) is 4.21. The number of benzene rings is 1. The van der Waals surface area contributed by atoms with E-state index < -0.39 is 5.92 Å². The first-order chi connectivity index (χ1) is 13.1. The topological polar surface area (TPSA) is 58.6 Å². The third kappa shape index (κ3) is 3.71. The minimum atomic E-state index is -0.393. The van der Waals surface area contributed by atoms with Gasteiger partial charge in [-0.3, -0.25) is 4.79 Å². The van der Waals surface area contributed by atoms with Crippen LogP contribution in [-0.4, -0.2) is 32.5 Å². The number of carbonyl (C=O) groups excluding carboxylic acids is 2. The second kappa shape index (κ2) is 7.46. The van der Waals surface area contributed by atoms with Crippen LogP contribution >= 0.6 is 0 Å². The van der Waals surface area contributed by atoms with Crippen molar-refractivity contribution in [3.8, 4) is 0 Å². The zero-order valence-corrected chi connectivity index (χ0v) is 17.7. The molecule has 0 spiro atoms. The summed E-state index contributed by atoms with van der Waals surface area (Å²) in [5.41, 5.74) is 4.87. The highest BCUT2D eigenvalue weighted by molar-refractivity contribution is 6.04. The smallest absolute Gasteiger partial charge is 0.336 e. The molecule has 28 heavy (non-hydrogen) atoms. The maximum atomic E-state index is 13.2. The average molecular weight is 383 g/mol. The molecule has 0 saturated heterocycles. The Hall–Kier alpha value is -2.56. The fourth-order valence-electron chi connectivity index (χ4n) is 4.21. The number of hydrogen-bond donors (Lipinski definition) is 1. The van der Waals surface area contributed by atoms with Gasteiger partial charge in [-0.1, -0.05) is 26.0 Å². The van der Waals surface area contributed by atoms with Crippen LogP contribution < -0.4 is 10.2 Å². The first-order valence-electron chi connectivity index (χ1n) is 9.83. The van der Waals surface area contributed by atoms with Crippen molar-refractivity contribution in [3.63, 3.8) is 0 Å². The molecule has 1 aliphatic heterocycles. The minimum Gasteiger partial charge on any atom is -0.463 e. The molecule has 1 aliphatic carbocycles. The SMILES string of the molecule is CCOC(=O)C1=C(C)NC2=C(C(=O)CC(C)(C)C2)[C@@H]1c1ccc(N(C)C)cc1. The van der Waals surface area contributed by atoms with Crippen molar-refractivity contribution in [2.45, 2.75) is 46.5 Å². The van der Waals surface area contributed by atoms with Crippen LogP contribution in [0.25, 0.3) is 0 Å². The highest BCUT2D eigenvalue weighted by atomic mass is 16.5. The van der Waals surface area contributed by atoms with Gasteiger partial charge < -0.3 is 15.0 Å². The predicted molar refractivity (Wildman–Crippen MR) is 111 cm³/mol. The zero-order chi connectivity index (χ0) is 20.6. The first kappa shape index (κ1) is 20.2. The fraction of sp³-hybridized carbons (Fsp3) is 0.478. The number of Topliss-reactive ketones (excluding diaryl/α,β-unsaturated/α-hetero) is 1. The van der Waals surface area contributed by atoms with Crippen LogP contribution in [0, 0.1) is 5.41 Å².